The van der Waals surface area contributed by atoms with Gasteiger partial charge in [0.2, 0.25) is 0 Å². The van der Waals surface area contributed by atoms with E-state index in [0.717, 1.165) is 0 Å². The molecule has 2 rings (SSSR count). The predicted octanol–water partition coefficient (Wildman–Crippen LogP) is 2.95. The fourth-order valence-electron chi connectivity index (χ4n) is 1.92. The molecule has 1 aromatic heterocycles. The van der Waals surface area contributed by atoms with Crippen molar-refractivity contribution >= 4 is 28.9 Å². The summed E-state index contributed by atoms with van der Waals surface area (Å²) in [6.07, 6.45) is 0.299. The molecular formula is C16H17N3O5S. The van der Waals surface area contributed by atoms with Gasteiger partial charge >= 0.3 is 5.97 Å². The molecule has 1 heterocycles. The first-order valence-electron chi connectivity index (χ1n) is 7.42. The SMILES string of the molecule is CC(C)(CCNC(=O)c1csc(-c2ccc([N+](=O)[O-])cc2)n1)C(=O)O. The molecule has 0 aliphatic heterocycles. The first-order chi connectivity index (χ1) is 11.7. The summed E-state index contributed by atoms with van der Waals surface area (Å²) in [4.78, 5) is 37.5. The zero-order valence-electron chi connectivity index (χ0n) is 13.7. The topological polar surface area (TPSA) is 122 Å². The van der Waals surface area contributed by atoms with E-state index in [0.29, 0.717) is 17.0 Å². The average molecular weight is 363 g/mol. The molecule has 9 heteroatoms. The fourth-order valence-corrected chi connectivity index (χ4v) is 2.73. The molecular weight excluding hydrogens is 346 g/mol. The number of aliphatic carboxylic acids is 1. The summed E-state index contributed by atoms with van der Waals surface area (Å²) in [5, 5.41) is 24.5. The number of rotatable bonds is 7. The zero-order chi connectivity index (χ0) is 18.6. The number of nitro benzene ring substituents is 1. The van der Waals surface area contributed by atoms with E-state index in [9.17, 15) is 19.7 Å². The first kappa shape index (κ1) is 18.5. The number of hydrogen-bond donors (Lipinski definition) is 2. The van der Waals surface area contributed by atoms with E-state index in [1.807, 2.05) is 0 Å². The van der Waals surface area contributed by atoms with Crippen LogP contribution in [0.3, 0.4) is 0 Å². The van der Waals surface area contributed by atoms with Crippen LogP contribution in [-0.2, 0) is 4.79 Å². The number of thiazole rings is 1. The number of benzene rings is 1. The summed E-state index contributed by atoms with van der Waals surface area (Å²) in [5.74, 6) is -1.30. The molecule has 2 N–H and O–H groups in total. The molecule has 0 atom stereocenters. The Morgan fingerprint density at radius 2 is 1.96 bits per heavy atom. The monoisotopic (exact) mass is 363 g/mol. The maximum Gasteiger partial charge on any atom is 0.309 e. The van der Waals surface area contributed by atoms with Gasteiger partial charge in [0.05, 0.1) is 10.3 Å². The Labute approximate surface area is 147 Å². The van der Waals surface area contributed by atoms with Crippen LogP contribution in [-0.4, -0.2) is 33.4 Å². The van der Waals surface area contributed by atoms with Crippen molar-refractivity contribution in [3.8, 4) is 10.6 Å². The Bertz CT molecular complexity index is 798. The maximum absolute atomic E-state index is 12.1. The van der Waals surface area contributed by atoms with Crippen LogP contribution >= 0.6 is 11.3 Å². The van der Waals surface area contributed by atoms with Crippen molar-refractivity contribution in [1.82, 2.24) is 10.3 Å². The first-order valence-corrected chi connectivity index (χ1v) is 8.30. The number of hydrogen-bond acceptors (Lipinski definition) is 6. The van der Waals surface area contributed by atoms with Crippen molar-refractivity contribution < 1.29 is 19.6 Å². The van der Waals surface area contributed by atoms with Gasteiger partial charge in [0.25, 0.3) is 11.6 Å². The zero-order valence-corrected chi connectivity index (χ0v) is 14.5. The molecule has 1 aromatic carbocycles. The number of nitrogens with one attached hydrogen (secondary N) is 1. The van der Waals surface area contributed by atoms with Crippen molar-refractivity contribution in [2.75, 3.05) is 6.54 Å². The Kier molecular flexibility index (Phi) is 5.48. The van der Waals surface area contributed by atoms with Crippen molar-refractivity contribution in [1.29, 1.82) is 0 Å². The highest BCUT2D eigenvalue weighted by atomic mass is 32.1. The quantitative estimate of drug-likeness (QED) is 0.576. The molecule has 0 aliphatic carbocycles. The summed E-state index contributed by atoms with van der Waals surface area (Å²) < 4.78 is 0. The van der Waals surface area contributed by atoms with Gasteiger partial charge in [0, 0.05) is 29.6 Å². The number of non-ortho nitro benzene ring substituents is 1. The lowest BCUT2D eigenvalue weighted by molar-refractivity contribution is -0.384. The van der Waals surface area contributed by atoms with Crippen LogP contribution < -0.4 is 5.32 Å². The number of aromatic nitrogens is 1. The van der Waals surface area contributed by atoms with Gasteiger partial charge in [-0.2, -0.15) is 0 Å². The van der Waals surface area contributed by atoms with Crippen LogP contribution in [0.4, 0.5) is 5.69 Å². The van der Waals surface area contributed by atoms with E-state index in [1.54, 1.807) is 31.4 Å². The lowest BCUT2D eigenvalue weighted by Gasteiger charge is -2.18. The molecule has 0 fully saturated rings. The van der Waals surface area contributed by atoms with Gasteiger partial charge in [-0.05, 0) is 32.4 Å². The molecule has 0 saturated carbocycles. The molecule has 0 aliphatic rings. The normalized spacial score (nSPS) is 11.1. The number of nitro groups is 1. The molecule has 8 nitrogen and oxygen atoms in total. The summed E-state index contributed by atoms with van der Waals surface area (Å²) in [7, 11) is 0. The third kappa shape index (κ3) is 4.60. The van der Waals surface area contributed by atoms with Gasteiger partial charge in [0.1, 0.15) is 10.7 Å². The van der Waals surface area contributed by atoms with Gasteiger partial charge in [-0.15, -0.1) is 11.3 Å². The van der Waals surface area contributed by atoms with E-state index < -0.39 is 16.3 Å². The average Bonchev–Trinajstić information content (AvgIpc) is 3.04. The Hall–Kier alpha value is -2.81. The standard InChI is InChI=1S/C16H17N3O5S/c1-16(2,15(21)22)7-8-17-13(20)12-9-25-14(18-12)10-3-5-11(6-4-10)19(23)24/h3-6,9H,7-8H2,1-2H3,(H,17,20)(H,21,22). The Morgan fingerprint density at radius 3 is 2.52 bits per heavy atom. The molecule has 0 unspecified atom stereocenters. The fraction of sp³-hybridized carbons (Fsp3) is 0.312. The largest absolute Gasteiger partial charge is 0.481 e. The summed E-state index contributed by atoms with van der Waals surface area (Å²) in [6, 6.07) is 5.91. The van der Waals surface area contributed by atoms with Crippen LogP contribution in [0.1, 0.15) is 30.8 Å². The van der Waals surface area contributed by atoms with Crippen molar-refractivity contribution in [3.05, 3.63) is 45.5 Å². The molecule has 0 radical (unpaired) electrons. The van der Waals surface area contributed by atoms with Crippen LogP contribution in [0, 0.1) is 15.5 Å². The van der Waals surface area contributed by atoms with Gasteiger partial charge < -0.3 is 10.4 Å². The summed E-state index contributed by atoms with van der Waals surface area (Å²) in [5.41, 5.74) is -0.0216. The number of carboxylic acid groups (broad SMARTS) is 1. The highest BCUT2D eigenvalue weighted by molar-refractivity contribution is 7.13. The van der Waals surface area contributed by atoms with Crippen molar-refractivity contribution in [3.63, 3.8) is 0 Å². The third-order valence-corrected chi connectivity index (χ3v) is 4.57. The van der Waals surface area contributed by atoms with E-state index in [4.69, 9.17) is 5.11 Å². The van der Waals surface area contributed by atoms with Crippen molar-refractivity contribution in [2.45, 2.75) is 20.3 Å². The second kappa shape index (κ2) is 7.39. The lowest BCUT2D eigenvalue weighted by Crippen LogP contribution is -2.32. The number of carboxylic acids is 1. The Balaban J connectivity index is 1.99. The van der Waals surface area contributed by atoms with Crippen LogP contribution in [0.15, 0.2) is 29.6 Å². The highest BCUT2D eigenvalue weighted by Gasteiger charge is 2.26. The van der Waals surface area contributed by atoms with Crippen LogP contribution in [0.2, 0.25) is 0 Å². The molecule has 25 heavy (non-hydrogen) atoms. The van der Waals surface area contributed by atoms with E-state index in [-0.39, 0.29) is 23.8 Å². The maximum atomic E-state index is 12.1. The number of carbonyl (C=O) groups excluding carboxylic acids is 1. The second-order valence-corrected chi connectivity index (χ2v) is 6.89. The van der Waals surface area contributed by atoms with Crippen LogP contribution in [0.25, 0.3) is 10.6 Å². The van der Waals surface area contributed by atoms with Gasteiger partial charge in [0.15, 0.2) is 0 Å². The molecule has 1 amide bonds. The van der Waals surface area contributed by atoms with Gasteiger partial charge in [-0.3, -0.25) is 19.7 Å². The lowest BCUT2D eigenvalue weighted by atomic mass is 9.90. The Morgan fingerprint density at radius 1 is 1.32 bits per heavy atom. The van der Waals surface area contributed by atoms with Gasteiger partial charge in [-0.1, -0.05) is 0 Å². The number of nitrogens with zero attached hydrogens (tertiary/aromatic N) is 2. The van der Waals surface area contributed by atoms with E-state index in [1.165, 1.54) is 23.5 Å². The molecule has 0 saturated heterocycles. The highest BCUT2D eigenvalue weighted by Crippen LogP contribution is 2.26. The minimum atomic E-state index is -0.920. The van der Waals surface area contributed by atoms with Crippen LogP contribution in [0.5, 0.6) is 0 Å². The van der Waals surface area contributed by atoms with E-state index >= 15 is 0 Å². The van der Waals surface area contributed by atoms with Gasteiger partial charge in [-0.25, -0.2) is 4.98 Å². The minimum absolute atomic E-state index is 0.0145. The minimum Gasteiger partial charge on any atom is -0.481 e. The predicted molar refractivity (Wildman–Crippen MR) is 92.6 cm³/mol. The molecule has 0 spiro atoms. The molecule has 2 aromatic rings. The second-order valence-electron chi connectivity index (χ2n) is 6.04. The summed E-state index contributed by atoms with van der Waals surface area (Å²) >= 11 is 1.25. The molecule has 132 valence electrons. The van der Waals surface area contributed by atoms with E-state index in [2.05, 4.69) is 10.3 Å². The number of amides is 1. The third-order valence-electron chi connectivity index (χ3n) is 3.68. The summed E-state index contributed by atoms with van der Waals surface area (Å²) in [6.45, 7) is 3.41. The molecule has 0 bridgehead atoms. The number of carbonyl (C=O) groups is 2. The van der Waals surface area contributed by atoms with Crippen molar-refractivity contribution in [2.24, 2.45) is 5.41 Å². The smallest absolute Gasteiger partial charge is 0.309 e.